The summed E-state index contributed by atoms with van der Waals surface area (Å²) in [6.45, 7) is 3.88. The Hall–Kier alpha value is -2.57. The molecule has 0 aliphatic heterocycles. The van der Waals surface area contributed by atoms with Crippen LogP contribution in [0.4, 0.5) is 15.3 Å². The topological polar surface area (TPSA) is 74.2 Å². The summed E-state index contributed by atoms with van der Waals surface area (Å²) in [5.74, 6) is 0.183. The van der Waals surface area contributed by atoms with Crippen molar-refractivity contribution in [1.82, 2.24) is 9.80 Å². The Morgan fingerprint density at radius 3 is 2.27 bits per heavy atom. The Kier molecular flexibility index (Phi) is 6.37. The van der Waals surface area contributed by atoms with Crippen molar-refractivity contribution in [1.29, 1.82) is 0 Å². The van der Waals surface area contributed by atoms with Gasteiger partial charge in [-0.25, -0.2) is 9.59 Å². The summed E-state index contributed by atoms with van der Waals surface area (Å²) < 4.78 is 4.77. The number of aliphatic imine (C=N–C) groups is 1. The lowest BCUT2D eigenvalue weighted by Crippen LogP contribution is -2.44. The zero-order valence-corrected chi connectivity index (χ0v) is 13.6. The predicted octanol–water partition coefficient (Wildman–Crippen LogP) is 2.53. The molecule has 0 saturated heterocycles. The lowest BCUT2D eigenvalue weighted by atomic mass is 10.2. The van der Waals surface area contributed by atoms with Gasteiger partial charge in [0.15, 0.2) is 0 Å². The Labute approximate surface area is 130 Å². The summed E-state index contributed by atoms with van der Waals surface area (Å²) in [7, 11) is 4.91. The van der Waals surface area contributed by atoms with Crippen molar-refractivity contribution in [3.8, 4) is 0 Å². The number of rotatable bonds is 2. The minimum Gasteiger partial charge on any atom is -0.448 e. The van der Waals surface area contributed by atoms with E-state index in [0.717, 1.165) is 5.56 Å². The van der Waals surface area contributed by atoms with E-state index >= 15 is 0 Å². The molecule has 0 aromatic heterocycles. The van der Waals surface area contributed by atoms with Crippen LogP contribution in [-0.2, 0) is 4.74 Å². The number of aryl methyl sites for hydroxylation is 1. The van der Waals surface area contributed by atoms with Crippen LogP contribution in [0.5, 0.6) is 0 Å². The molecule has 0 spiro atoms. The molecule has 0 heterocycles. The molecule has 0 radical (unpaired) electrons. The van der Waals surface area contributed by atoms with Crippen LogP contribution >= 0.6 is 0 Å². The number of nitrogens with one attached hydrogen (secondary N) is 1. The van der Waals surface area contributed by atoms with Crippen LogP contribution in [0, 0.1) is 6.92 Å². The minimum absolute atomic E-state index is 0.183. The summed E-state index contributed by atoms with van der Waals surface area (Å²) >= 11 is 0. The summed E-state index contributed by atoms with van der Waals surface area (Å²) in [5.41, 5.74) is 1.76. The molecule has 7 heteroatoms. The highest BCUT2D eigenvalue weighted by Crippen LogP contribution is 2.09. The first-order valence-corrected chi connectivity index (χ1v) is 6.89. The maximum absolute atomic E-state index is 12.2. The lowest BCUT2D eigenvalue weighted by molar-refractivity contribution is 0.162. The van der Waals surface area contributed by atoms with E-state index < -0.39 is 12.1 Å². The number of hydrogen-bond donors (Lipinski definition) is 1. The normalized spacial score (nSPS) is 10.9. The number of amides is 3. The molecule has 0 saturated carbocycles. The first kappa shape index (κ1) is 17.5. The summed E-state index contributed by atoms with van der Waals surface area (Å²) in [6.07, 6.45) is -0.735. The number of anilines is 1. The van der Waals surface area contributed by atoms with Gasteiger partial charge < -0.3 is 15.0 Å². The van der Waals surface area contributed by atoms with Crippen molar-refractivity contribution < 1.29 is 14.3 Å². The van der Waals surface area contributed by atoms with E-state index in [0.29, 0.717) is 5.69 Å². The molecular weight excluding hydrogens is 284 g/mol. The Morgan fingerprint density at radius 1 is 1.18 bits per heavy atom. The number of urea groups is 1. The van der Waals surface area contributed by atoms with E-state index in [-0.39, 0.29) is 12.6 Å². The molecule has 120 valence electrons. The number of benzene rings is 1. The van der Waals surface area contributed by atoms with Crippen molar-refractivity contribution in [2.45, 2.75) is 13.8 Å². The van der Waals surface area contributed by atoms with Crippen molar-refractivity contribution in [3.63, 3.8) is 0 Å². The van der Waals surface area contributed by atoms with E-state index in [2.05, 4.69) is 10.3 Å². The second-order valence-electron chi connectivity index (χ2n) is 4.86. The van der Waals surface area contributed by atoms with E-state index in [9.17, 15) is 9.59 Å². The minimum atomic E-state index is -0.735. The average Bonchev–Trinajstić information content (AvgIpc) is 2.46. The van der Waals surface area contributed by atoms with E-state index in [4.69, 9.17) is 4.74 Å². The standard InChI is InChI=1S/C15H22N4O3/c1-6-22-15(21)17-13(18(3)4)19(5)14(20)16-12-9-7-11(2)8-10-12/h7-10H,6H2,1-5H3,(H,16,20)/b17-13-. The molecule has 7 nitrogen and oxygen atoms in total. The van der Waals surface area contributed by atoms with Crippen LogP contribution in [0.15, 0.2) is 29.3 Å². The zero-order chi connectivity index (χ0) is 16.7. The largest absolute Gasteiger partial charge is 0.448 e. The molecule has 22 heavy (non-hydrogen) atoms. The van der Waals surface area contributed by atoms with Crippen molar-refractivity contribution in [2.75, 3.05) is 33.1 Å². The second kappa shape index (κ2) is 8.02. The number of guanidine groups is 1. The smallest absolute Gasteiger partial charge is 0.436 e. The predicted molar refractivity (Wildman–Crippen MR) is 86.1 cm³/mol. The van der Waals surface area contributed by atoms with Gasteiger partial charge in [0.05, 0.1) is 6.61 Å². The quantitative estimate of drug-likeness (QED) is 0.673. The SMILES string of the molecule is CCOC(=O)/N=C(/N(C)C)N(C)C(=O)Nc1ccc(C)cc1. The monoisotopic (exact) mass is 306 g/mol. The third-order valence-corrected chi connectivity index (χ3v) is 2.77. The zero-order valence-electron chi connectivity index (χ0n) is 13.6. The number of carbonyl (C=O) groups is 2. The highest BCUT2D eigenvalue weighted by Gasteiger charge is 2.18. The van der Waals surface area contributed by atoms with Gasteiger partial charge in [-0.3, -0.25) is 4.90 Å². The molecule has 0 atom stereocenters. The maximum Gasteiger partial charge on any atom is 0.436 e. The maximum atomic E-state index is 12.2. The van der Waals surface area contributed by atoms with Gasteiger partial charge in [0.25, 0.3) is 0 Å². The number of ether oxygens (including phenoxy) is 1. The van der Waals surface area contributed by atoms with Gasteiger partial charge >= 0.3 is 12.1 Å². The Bertz CT molecular complexity index is 552. The van der Waals surface area contributed by atoms with Crippen LogP contribution in [0.2, 0.25) is 0 Å². The van der Waals surface area contributed by atoms with E-state index in [1.165, 1.54) is 11.9 Å². The van der Waals surface area contributed by atoms with Gasteiger partial charge in [-0.05, 0) is 26.0 Å². The fourth-order valence-electron chi connectivity index (χ4n) is 1.65. The molecule has 0 fully saturated rings. The van der Waals surface area contributed by atoms with Gasteiger partial charge in [-0.15, -0.1) is 4.99 Å². The van der Waals surface area contributed by atoms with Crippen LogP contribution in [0.3, 0.4) is 0 Å². The molecule has 0 unspecified atom stereocenters. The molecule has 0 aliphatic rings. The van der Waals surface area contributed by atoms with Crippen LogP contribution in [-0.4, -0.2) is 55.6 Å². The summed E-state index contributed by atoms with van der Waals surface area (Å²) in [4.78, 5) is 30.3. The molecule has 1 N–H and O–H groups in total. The lowest BCUT2D eigenvalue weighted by Gasteiger charge is -2.24. The number of nitrogens with zero attached hydrogens (tertiary/aromatic N) is 3. The Morgan fingerprint density at radius 2 is 1.77 bits per heavy atom. The fourth-order valence-corrected chi connectivity index (χ4v) is 1.65. The van der Waals surface area contributed by atoms with Crippen molar-refractivity contribution in [3.05, 3.63) is 29.8 Å². The van der Waals surface area contributed by atoms with Gasteiger partial charge in [-0.2, -0.15) is 0 Å². The van der Waals surface area contributed by atoms with Crippen LogP contribution < -0.4 is 5.32 Å². The highest BCUT2D eigenvalue weighted by molar-refractivity contribution is 6.04. The third-order valence-electron chi connectivity index (χ3n) is 2.77. The summed E-state index contributed by atoms with van der Waals surface area (Å²) in [5, 5.41) is 2.74. The molecule has 3 amide bonds. The fraction of sp³-hybridized carbons (Fsp3) is 0.400. The van der Waals surface area contributed by atoms with E-state index in [1.54, 1.807) is 38.1 Å². The first-order chi connectivity index (χ1) is 10.3. The number of hydrogen-bond acceptors (Lipinski definition) is 3. The Balaban J connectivity index is 2.84. The third kappa shape index (κ3) is 5.08. The number of carbonyl (C=O) groups excluding carboxylic acids is 2. The molecule has 1 aromatic rings. The first-order valence-electron chi connectivity index (χ1n) is 6.89. The molecule has 1 rings (SSSR count). The molecule has 0 aliphatic carbocycles. The van der Waals surface area contributed by atoms with Crippen molar-refractivity contribution in [2.24, 2.45) is 4.99 Å². The average molecular weight is 306 g/mol. The van der Waals surface area contributed by atoms with Crippen LogP contribution in [0.1, 0.15) is 12.5 Å². The van der Waals surface area contributed by atoms with Gasteiger partial charge in [0, 0.05) is 26.8 Å². The van der Waals surface area contributed by atoms with Gasteiger partial charge in [-0.1, -0.05) is 17.7 Å². The van der Waals surface area contributed by atoms with E-state index in [1.807, 2.05) is 19.1 Å². The van der Waals surface area contributed by atoms with Gasteiger partial charge in [0.1, 0.15) is 0 Å². The molecule has 0 bridgehead atoms. The van der Waals surface area contributed by atoms with Gasteiger partial charge in [0.2, 0.25) is 5.96 Å². The van der Waals surface area contributed by atoms with Crippen molar-refractivity contribution >= 4 is 23.8 Å². The molecule has 1 aromatic carbocycles. The summed E-state index contributed by atoms with van der Waals surface area (Å²) in [6, 6.07) is 7.00. The van der Waals surface area contributed by atoms with Crippen LogP contribution in [0.25, 0.3) is 0 Å². The molecular formula is C15H22N4O3. The second-order valence-corrected chi connectivity index (χ2v) is 4.86. The highest BCUT2D eigenvalue weighted by atomic mass is 16.5.